The standard InChI is InChI=1S/C18H24O2/c1-18-9-8-14-13-5-3-12(19)10-11(13)2-4-15(14)16(18)6-7-17(18)20/h4,12,14,16,19H,2-3,5-10H2,1H3/t12-,14-,16+,18+/m1/s1. The van der Waals surface area contributed by atoms with Gasteiger partial charge in [0.1, 0.15) is 5.78 Å². The molecule has 108 valence electrons. The Morgan fingerprint density at radius 2 is 2.10 bits per heavy atom. The molecule has 2 saturated carbocycles. The van der Waals surface area contributed by atoms with E-state index >= 15 is 0 Å². The molecule has 0 bridgehead atoms. The lowest BCUT2D eigenvalue weighted by atomic mass is 9.58. The van der Waals surface area contributed by atoms with Gasteiger partial charge in [-0.1, -0.05) is 29.7 Å². The minimum absolute atomic E-state index is 0.0609. The van der Waals surface area contributed by atoms with E-state index in [0.29, 0.717) is 17.6 Å². The van der Waals surface area contributed by atoms with Crippen molar-refractivity contribution >= 4 is 5.78 Å². The second kappa shape index (κ2) is 4.30. The first-order chi connectivity index (χ1) is 9.59. The molecular formula is C18H24O2. The van der Waals surface area contributed by atoms with E-state index in [-0.39, 0.29) is 11.5 Å². The Morgan fingerprint density at radius 1 is 1.25 bits per heavy atom. The van der Waals surface area contributed by atoms with Crippen LogP contribution in [0.3, 0.4) is 0 Å². The Kier molecular flexibility index (Phi) is 2.76. The fourth-order valence-electron chi connectivity index (χ4n) is 5.33. The molecule has 0 aliphatic heterocycles. The summed E-state index contributed by atoms with van der Waals surface area (Å²) in [4.78, 5) is 12.3. The van der Waals surface area contributed by atoms with Crippen LogP contribution < -0.4 is 0 Å². The number of carbonyl (C=O) groups is 1. The van der Waals surface area contributed by atoms with Gasteiger partial charge >= 0.3 is 0 Å². The number of fused-ring (bicyclic) bond motifs is 4. The fraction of sp³-hybridized carbons (Fsp3) is 0.722. The van der Waals surface area contributed by atoms with Crippen LogP contribution in [0.25, 0.3) is 0 Å². The second-order valence-corrected chi connectivity index (χ2v) is 7.46. The number of Topliss-reactive ketones (excluding diaryl/α,β-unsaturated/α-hetero) is 1. The smallest absolute Gasteiger partial charge is 0.139 e. The van der Waals surface area contributed by atoms with E-state index in [1.807, 2.05) is 0 Å². The van der Waals surface area contributed by atoms with Crippen molar-refractivity contribution < 1.29 is 9.90 Å². The van der Waals surface area contributed by atoms with Crippen molar-refractivity contribution in [1.29, 1.82) is 0 Å². The highest BCUT2D eigenvalue weighted by atomic mass is 16.3. The maximum absolute atomic E-state index is 12.3. The highest BCUT2D eigenvalue weighted by molar-refractivity contribution is 5.88. The highest BCUT2D eigenvalue weighted by Crippen LogP contribution is 2.58. The zero-order chi connectivity index (χ0) is 13.9. The number of carbonyl (C=O) groups excluding carboxylic acids is 1. The number of allylic oxidation sites excluding steroid dienone is 3. The van der Waals surface area contributed by atoms with Gasteiger partial charge in [0.05, 0.1) is 6.10 Å². The lowest BCUT2D eigenvalue weighted by Gasteiger charge is -2.45. The van der Waals surface area contributed by atoms with Crippen molar-refractivity contribution in [1.82, 2.24) is 0 Å². The van der Waals surface area contributed by atoms with Crippen molar-refractivity contribution in [3.8, 4) is 0 Å². The van der Waals surface area contributed by atoms with Crippen LogP contribution in [0.2, 0.25) is 0 Å². The number of rotatable bonds is 0. The summed E-state index contributed by atoms with van der Waals surface area (Å²) < 4.78 is 0. The van der Waals surface area contributed by atoms with E-state index in [0.717, 1.165) is 51.4 Å². The molecule has 0 spiro atoms. The molecular weight excluding hydrogens is 248 g/mol. The molecule has 4 atom stereocenters. The molecule has 0 unspecified atom stereocenters. The van der Waals surface area contributed by atoms with Crippen molar-refractivity contribution in [2.75, 3.05) is 0 Å². The molecule has 4 rings (SSSR count). The maximum atomic E-state index is 12.3. The summed E-state index contributed by atoms with van der Waals surface area (Å²) >= 11 is 0. The lowest BCUT2D eigenvalue weighted by molar-refractivity contribution is -0.127. The van der Waals surface area contributed by atoms with E-state index in [1.54, 1.807) is 11.1 Å². The first kappa shape index (κ1) is 12.8. The quantitative estimate of drug-likeness (QED) is 0.685. The van der Waals surface area contributed by atoms with Crippen molar-refractivity contribution in [3.63, 3.8) is 0 Å². The molecule has 4 aliphatic carbocycles. The average Bonchev–Trinajstić information content (AvgIpc) is 2.74. The molecule has 0 amide bonds. The molecule has 0 saturated heterocycles. The van der Waals surface area contributed by atoms with Crippen molar-refractivity contribution in [2.24, 2.45) is 17.3 Å². The first-order valence-electron chi connectivity index (χ1n) is 8.21. The van der Waals surface area contributed by atoms with Crippen LogP contribution in [0.4, 0.5) is 0 Å². The largest absolute Gasteiger partial charge is 0.393 e. The molecule has 0 aromatic carbocycles. The van der Waals surface area contributed by atoms with Gasteiger partial charge in [-0.05, 0) is 50.9 Å². The molecule has 2 fully saturated rings. The van der Waals surface area contributed by atoms with Gasteiger partial charge in [-0.2, -0.15) is 0 Å². The van der Waals surface area contributed by atoms with Gasteiger partial charge in [0.2, 0.25) is 0 Å². The molecule has 0 radical (unpaired) electrons. The van der Waals surface area contributed by atoms with E-state index in [9.17, 15) is 9.90 Å². The van der Waals surface area contributed by atoms with E-state index < -0.39 is 0 Å². The number of hydrogen-bond acceptors (Lipinski definition) is 2. The zero-order valence-corrected chi connectivity index (χ0v) is 12.3. The van der Waals surface area contributed by atoms with Gasteiger partial charge in [0.15, 0.2) is 0 Å². The molecule has 0 aromatic heterocycles. The summed E-state index contributed by atoms with van der Waals surface area (Å²) in [5.41, 5.74) is 4.66. The van der Waals surface area contributed by atoms with Crippen LogP contribution in [-0.4, -0.2) is 17.0 Å². The van der Waals surface area contributed by atoms with Crippen LogP contribution in [0.15, 0.2) is 22.8 Å². The van der Waals surface area contributed by atoms with E-state index in [2.05, 4.69) is 13.0 Å². The average molecular weight is 272 g/mol. The molecule has 1 N–H and O–H groups in total. The van der Waals surface area contributed by atoms with Crippen molar-refractivity contribution in [2.45, 2.75) is 64.4 Å². The number of aliphatic hydroxyl groups excluding tert-OH is 1. The van der Waals surface area contributed by atoms with Crippen molar-refractivity contribution in [3.05, 3.63) is 22.8 Å². The normalized spacial score (nSPS) is 43.8. The third kappa shape index (κ3) is 1.64. The SMILES string of the molecule is C[C@]12CC[C@H]3C(=CCC4=C3CC[C@@H](O)C4)[C@@H]1CCC2=O. The van der Waals surface area contributed by atoms with Gasteiger partial charge in [-0.15, -0.1) is 0 Å². The topological polar surface area (TPSA) is 37.3 Å². The Bertz CT molecular complexity index is 528. The van der Waals surface area contributed by atoms with Crippen LogP contribution in [0.1, 0.15) is 58.3 Å². The van der Waals surface area contributed by atoms with E-state index in [1.165, 1.54) is 5.57 Å². The summed E-state index contributed by atoms with van der Waals surface area (Å²) in [7, 11) is 0. The third-order valence-corrected chi connectivity index (χ3v) is 6.51. The maximum Gasteiger partial charge on any atom is 0.139 e. The number of hydrogen-bond donors (Lipinski definition) is 1. The van der Waals surface area contributed by atoms with Gasteiger partial charge in [0.25, 0.3) is 0 Å². The fourth-order valence-corrected chi connectivity index (χ4v) is 5.33. The van der Waals surface area contributed by atoms with Crippen LogP contribution in [0.5, 0.6) is 0 Å². The Labute approximate surface area is 120 Å². The number of aliphatic hydroxyl groups is 1. The third-order valence-electron chi connectivity index (χ3n) is 6.51. The van der Waals surface area contributed by atoms with Crippen LogP contribution >= 0.6 is 0 Å². The summed E-state index contributed by atoms with van der Waals surface area (Å²) in [5, 5.41) is 9.87. The predicted octanol–water partition coefficient (Wildman–Crippen LogP) is 3.55. The Balaban J connectivity index is 1.68. The monoisotopic (exact) mass is 272 g/mol. The lowest BCUT2D eigenvalue weighted by Crippen LogP contribution is -2.39. The molecule has 4 aliphatic rings. The minimum atomic E-state index is -0.120. The zero-order valence-electron chi connectivity index (χ0n) is 12.3. The van der Waals surface area contributed by atoms with Crippen LogP contribution in [0, 0.1) is 17.3 Å². The van der Waals surface area contributed by atoms with Gasteiger partial charge in [0, 0.05) is 17.8 Å². The molecule has 20 heavy (non-hydrogen) atoms. The molecule has 0 heterocycles. The predicted molar refractivity (Wildman–Crippen MR) is 78.1 cm³/mol. The molecule has 2 heteroatoms. The van der Waals surface area contributed by atoms with Gasteiger partial charge in [-0.25, -0.2) is 0 Å². The highest BCUT2D eigenvalue weighted by Gasteiger charge is 2.52. The Hall–Kier alpha value is -0.890. The van der Waals surface area contributed by atoms with E-state index in [4.69, 9.17) is 0 Å². The number of ketones is 1. The summed E-state index contributed by atoms with van der Waals surface area (Å²) in [5.74, 6) is 1.62. The minimum Gasteiger partial charge on any atom is -0.393 e. The van der Waals surface area contributed by atoms with Gasteiger partial charge < -0.3 is 5.11 Å². The summed E-state index contributed by atoms with van der Waals surface area (Å²) in [6.07, 6.45) is 10.3. The Morgan fingerprint density at radius 3 is 2.95 bits per heavy atom. The second-order valence-electron chi connectivity index (χ2n) is 7.46. The summed E-state index contributed by atoms with van der Waals surface area (Å²) in [6, 6.07) is 0. The van der Waals surface area contributed by atoms with Gasteiger partial charge in [-0.3, -0.25) is 4.79 Å². The first-order valence-corrected chi connectivity index (χ1v) is 8.21. The molecule has 0 aromatic rings. The van der Waals surface area contributed by atoms with Crippen LogP contribution in [-0.2, 0) is 4.79 Å². The molecule has 2 nitrogen and oxygen atoms in total. The summed E-state index contributed by atoms with van der Waals surface area (Å²) in [6.45, 7) is 2.21.